The third-order valence-corrected chi connectivity index (χ3v) is 2.93. The zero-order chi connectivity index (χ0) is 14.0. The van der Waals surface area contributed by atoms with Crippen molar-refractivity contribution in [1.29, 1.82) is 0 Å². The van der Waals surface area contributed by atoms with E-state index >= 15 is 0 Å². The quantitative estimate of drug-likeness (QED) is 0.944. The molecule has 0 fully saturated rings. The number of carboxylic acids is 1. The highest BCUT2D eigenvalue weighted by Gasteiger charge is 2.17. The number of halogens is 2. The van der Waals surface area contributed by atoms with Crippen LogP contribution in [0.1, 0.15) is 0 Å². The minimum atomic E-state index is -1.17. The monoisotopic (exact) mass is 298 g/mol. The Morgan fingerprint density at radius 1 is 1.21 bits per heavy atom. The van der Waals surface area contributed by atoms with Crippen molar-refractivity contribution in [3.05, 3.63) is 51.0 Å². The molecule has 0 amide bonds. The van der Waals surface area contributed by atoms with E-state index in [1.54, 1.807) is 30.3 Å². The van der Waals surface area contributed by atoms with E-state index in [4.69, 9.17) is 28.3 Å². The van der Waals surface area contributed by atoms with E-state index in [9.17, 15) is 9.59 Å². The smallest absolute Gasteiger partial charge is 0.323 e. The number of carboxylic acid groups (broad SMARTS) is 1. The maximum Gasteiger partial charge on any atom is 0.323 e. The van der Waals surface area contributed by atoms with Crippen molar-refractivity contribution in [3.63, 3.8) is 0 Å². The molecule has 0 spiro atoms. The van der Waals surface area contributed by atoms with Crippen LogP contribution in [0.4, 0.5) is 0 Å². The Morgan fingerprint density at radius 3 is 2.42 bits per heavy atom. The average Bonchev–Trinajstić information content (AvgIpc) is 2.36. The molecule has 0 saturated heterocycles. The second-order valence-electron chi connectivity index (χ2n) is 3.69. The number of benzene rings is 1. The number of aromatic nitrogens is 2. The summed E-state index contributed by atoms with van der Waals surface area (Å²) >= 11 is 11.6. The van der Waals surface area contributed by atoms with E-state index in [-0.39, 0.29) is 16.0 Å². The summed E-state index contributed by atoms with van der Waals surface area (Å²) in [5, 5.41) is 8.51. The van der Waals surface area contributed by atoms with Crippen LogP contribution in [0.15, 0.2) is 35.1 Å². The van der Waals surface area contributed by atoms with E-state index in [0.717, 1.165) is 4.57 Å². The van der Waals surface area contributed by atoms with Crippen LogP contribution in [0, 0.1) is 0 Å². The predicted octanol–water partition coefficient (Wildman–Crippen LogP) is 2.30. The average molecular weight is 299 g/mol. The van der Waals surface area contributed by atoms with E-state index < -0.39 is 18.1 Å². The molecule has 0 unspecified atom stereocenters. The maximum atomic E-state index is 11.9. The van der Waals surface area contributed by atoms with Crippen LogP contribution in [-0.2, 0) is 11.3 Å². The molecular weight excluding hydrogens is 291 g/mol. The Labute approximate surface area is 118 Å². The minimum absolute atomic E-state index is 0.0166. The van der Waals surface area contributed by atoms with Crippen LogP contribution in [0.2, 0.25) is 10.3 Å². The van der Waals surface area contributed by atoms with Crippen LogP contribution in [0.3, 0.4) is 0 Å². The molecule has 0 bridgehead atoms. The summed E-state index contributed by atoms with van der Waals surface area (Å²) in [4.78, 5) is 26.5. The lowest BCUT2D eigenvalue weighted by atomic mass is 10.1. The number of hydrogen-bond donors (Lipinski definition) is 1. The van der Waals surface area contributed by atoms with Crippen molar-refractivity contribution in [2.24, 2.45) is 0 Å². The van der Waals surface area contributed by atoms with Crippen LogP contribution in [-0.4, -0.2) is 20.6 Å². The molecule has 0 aliphatic carbocycles. The Kier molecular flexibility index (Phi) is 3.87. The van der Waals surface area contributed by atoms with Crippen molar-refractivity contribution in [1.82, 2.24) is 9.55 Å². The third-order valence-electron chi connectivity index (χ3n) is 2.42. The van der Waals surface area contributed by atoms with Crippen LogP contribution in [0.5, 0.6) is 0 Å². The van der Waals surface area contributed by atoms with Gasteiger partial charge in [0.05, 0.1) is 5.69 Å². The standard InChI is InChI=1S/C12H8Cl2N2O3/c13-10-9(7-4-2-1-3-5-7)16(6-8(17)18)12(19)11(14)15-10/h1-5H,6H2,(H,17,18). The molecule has 1 heterocycles. The molecule has 98 valence electrons. The fourth-order valence-corrected chi connectivity index (χ4v) is 2.19. The molecule has 0 saturated carbocycles. The number of aliphatic carboxylic acids is 1. The zero-order valence-electron chi connectivity index (χ0n) is 9.51. The number of hydrogen-bond acceptors (Lipinski definition) is 3. The van der Waals surface area contributed by atoms with Crippen LogP contribution in [0.25, 0.3) is 11.3 Å². The molecule has 0 atom stereocenters. The molecule has 0 aliphatic heterocycles. The summed E-state index contributed by atoms with van der Waals surface area (Å²) in [5.74, 6) is -1.17. The summed E-state index contributed by atoms with van der Waals surface area (Å²) in [5.41, 5.74) is 0.140. The Bertz CT molecular complexity index is 683. The molecule has 5 nitrogen and oxygen atoms in total. The van der Waals surface area contributed by atoms with Gasteiger partial charge in [0.25, 0.3) is 5.56 Å². The van der Waals surface area contributed by atoms with Crippen molar-refractivity contribution in [3.8, 4) is 11.3 Å². The number of rotatable bonds is 3. The molecular formula is C12H8Cl2N2O3. The van der Waals surface area contributed by atoms with Gasteiger partial charge in [-0.1, -0.05) is 53.5 Å². The second-order valence-corrected chi connectivity index (χ2v) is 4.41. The van der Waals surface area contributed by atoms with Gasteiger partial charge in [0.1, 0.15) is 6.54 Å². The molecule has 1 aromatic heterocycles. The normalized spacial score (nSPS) is 10.4. The van der Waals surface area contributed by atoms with Gasteiger partial charge in [-0.2, -0.15) is 0 Å². The van der Waals surface area contributed by atoms with Gasteiger partial charge in [0.2, 0.25) is 0 Å². The molecule has 2 rings (SSSR count). The highest BCUT2D eigenvalue weighted by molar-refractivity contribution is 6.33. The van der Waals surface area contributed by atoms with Gasteiger partial charge in [-0.05, 0) is 0 Å². The first-order chi connectivity index (χ1) is 9.00. The first-order valence-corrected chi connectivity index (χ1v) is 5.99. The summed E-state index contributed by atoms with van der Waals surface area (Å²) in [6, 6.07) is 8.69. The zero-order valence-corrected chi connectivity index (χ0v) is 11.0. The number of carbonyl (C=O) groups is 1. The highest BCUT2D eigenvalue weighted by Crippen LogP contribution is 2.25. The largest absolute Gasteiger partial charge is 0.480 e. The van der Waals surface area contributed by atoms with E-state index in [1.807, 2.05) is 0 Å². The third kappa shape index (κ3) is 2.77. The fourth-order valence-electron chi connectivity index (χ4n) is 1.67. The minimum Gasteiger partial charge on any atom is -0.480 e. The summed E-state index contributed by atoms with van der Waals surface area (Å²) in [6.07, 6.45) is 0. The van der Waals surface area contributed by atoms with Gasteiger partial charge in [-0.3, -0.25) is 14.2 Å². The summed E-state index contributed by atoms with van der Waals surface area (Å²) in [6.45, 7) is -0.537. The lowest BCUT2D eigenvalue weighted by Gasteiger charge is -2.12. The van der Waals surface area contributed by atoms with Crippen molar-refractivity contribution < 1.29 is 9.90 Å². The molecule has 0 radical (unpaired) electrons. The van der Waals surface area contributed by atoms with Gasteiger partial charge >= 0.3 is 5.97 Å². The first kappa shape index (κ1) is 13.6. The second kappa shape index (κ2) is 5.42. The lowest BCUT2D eigenvalue weighted by molar-refractivity contribution is -0.137. The first-order valence-electron chi connectivity index (χ1n) is 5.23. The van der Waals surface area contributed by atoms with Gasteiger partial charge < -0.3 is 5.11 Å². The molecule has 0 aliphatic rings. The van der Waals surface area contributed by atoms with E-state index in [0.29, 0.717) is 5.56 Å². The van der Waals surface area contributed by atoms with E-state index in [2.05, 4.69) is 4.98 Å². The van der Waals surface area contributed by atoms with Crippen molar-refractivity contribution in [2.75, 3.05) is 0 Å². The van der Waals surface area contributed by atoms with Crippen LogP contribution >= 0.6 is 23.2 Å². The molecule has 1 N–H and O–H groups in total. The summed E-state index contributed by atoms with van der Waals surface area (Å²) in [7, 11) is 0. The molecule has 1 aromatic carbocycles. The van der Waals surface area contributed by atoms with Gasteiger partial charge in [0, 0.05) is 5.56 Å². The topological polar surface area (TPSA) is 72.2 Å². The predicted molar refractivity (Wildman–Crippen MR) is 71.6 cm³/mol. The lowest BCUT2D eigenvalue weighted by Crippen LogP contribution is -2.27. The van der Waals surface area contributed by atoms with Gasteiger partial charge in [-0.15, -0.1) is 0 Å². The van der Waals surface area contributed by atoms with E-state index in [1.165, 1.54) is 0 Å². The maximum absolute atomic E-state index is 11.9. The van der Waals surface area contributed by atoms with Gasteiger partial charge in [-0.25, -0.2) is 4.98 Å². The summed E-state index contributed by atoms with van der Waals surface area (Å²) < 4.78 is 0.995. The van der Waals surface area contributed by atoms with Crippen LogP contribution < -0.4 is 5.56 Å². The fraction of sp³-hybridized carbons (Fsp3) is 0.0833. The molecule has 7 heteroatoms. The molecule has 19 heavy (non-hydrogen) atoms. The van der Waals surface area contributed by atoms with Crippen molar-refractivity contribution >= 4 is 29.2 Å². The Hall–Kier alpha value is -1.85. The Morgan fingerprint density at radius 2 is 1.84 bits per heavy atom. The number of nitrogens with zero attached hydrogens (tertiary/aromatic N) is 2. The molecule has 2 aromatic rings. The Balaban J connectivity index is 2.75. The van der Waals surface area contributed by atoms with Gasteiger partial charge in [0.15, 0.2) is 10.3 Å². The SMILES string of the molecule is O=C(O)Cn1c(-c2ccccc2)c(Cl)nc(Cl)c1=O. The van der Waals surface area contributed by atoms with Crippen molar-refractivity contribution in [2.45, 2.75) is 6.54 Å². The highest BCUT2D eigenvalue weighted by atomic mass is 35.5.